The molecule has 4 rings (SSSR count). The van der Waals surface area contributed by atoms with E-state index in [1.54, 1.807) is 28.1 Å². The van der Waals surface area contributed by atoms with Crippen molar-refractivity contribution in [3.63, 3.8) is 0 Å². The lowest BCUT2D eigenvalue weighted by atomic mass is 10.2. The zero-order valence-electron chi connectivity index (χ0n) is 16.1. The minimum Gasteiger partial charge on any atom is -0.450 e. The molecule has 3 amide bonds. The number of para-hydroxylation sites is 1. The molecule has 2 aromatic carbocycles. The van der Waals surface area contributed by atoms with Crippen molar-refractivity contribution in [3.05, 3.63) is 48.5 Å². The molecule has 0 radical (unpaired) electrons. The number of anilines is 1. The quantitative estimate of drug-likeness (QED) is 0.700. The lowest BCUT2D eigenvalue weighted by molar-refractivity contribution is 0.0868. The molecule has 1 N–H and O–H groups in total. The van der Waals surface area contributed by atoms with Crippen LogP contribution in [0.25, 0.3) is 20.8 Å². The fourth-order valence-electron chi connectivity index (χ4n) is 3.24. The molecule has 3 aromatic rings. The molecule has 0 spiro atoms. The summed E-state index contributed by atoms with van der Waals surface area (Å²) in [6.07, 6.45) is -0.323. The number of thiazole rings is 1. The van der Waals surface area contributed by atoms with Crippen molar-refractivity contribution >= 4 is 39.4 Å². The number of urea groups is 1. The third-order valence-corrected chi connectivity index (χ3v) is 5.83. The SMILES string of the molecule is CCOC(=O)N1CCN(C(=O)Nc2cccc(-c3nc4ccccc4s3)c2)CC1. The van der Waals surface area contributed by atoms with Crippen LogP contribution in [0.1, 0.15) is 6.92 Å². The highest BCUT2D eigenvalue weighted by atomic mass is 32.1. The first-order chi connectivity index (χ1) is 14.1. The summed E-state index contributed by atoms with van der Waals surface area (Å²) in [6.45, 7) is 4.02. The van der Waals surface area contributed by atoms with Crippen LogP contribution >= 0.6 is 11.3 Å². The number of rotatable bonds is 3. The van der Waals surface area contributed by atoms with Gasteiger partial charge < -0.3 is 19.9 Å². The second kappa shape index (κ2) is 8.48. The molecule has 1 fully saturated rings. The summed E-state index contributed by atoms with van der Waals surface area (Å²) < 4.78 is 6.15. The van der Waals surface area contributed by atoms with Gasteiger partial charge in [-0.25, -0.2) is 14.6 Å². The lowest BCUT2D eigenvalue weighted by Gasteiger charge is -2.34. The van der Waals surface area contributed by atoms with Crippen molar-refractivity contribution in [2.75, 3.05) is 38.1 Å². The molecule has 8 heteroatoms. The number of nitrogens with one attached hydrogen (secondary N) is 1. The summed E-state index contributed by atoms with van der Waals surface area (Å²) in [5.41, 5.74) is 2.66. The normalized spacial score (nSPS) is 14.1. The lowest BCUT2D eigenvalue weighted by Crippen LogP contribution is -2.51. The van der Waals surface area contributed by atoms with E-state index < -0.39 is 0 Å². The zero-order valence-corrected chi connectivity index (χ0v) is 16.9. The fourth-order valence-corrected chi connectivity index (χ4v) is 4.20. The van der Waals surface area contributed by atoms with Gasteiger partial charge in [-0.15, -0.1) is 11.3 Å². The van der Waals surface area contributed by atoms with E-state index in [0.29, 0.717) is 32.8 Å². The molecule has 29 heavy (non-hydrogen) atoms. The number of benzene rings is 2. The smallest absolute Gasteiger partial charge is 0.409 e. The van der Waals surface area contributed by atoms with Gasteiger partial charge in [0, 0.05) is 37.4 Å². The minimum absolute atomic E-state index is 0.171. The van der Waals surface area contributed by atoms with E-state index in [9.17, 15) is 9.59 Å². The molecule has 1 aromatic heterocycles. The van der Waals surface area contributed by atoms with E-state index in [2.05, 4.69) is 16.4 Å². The number of hydrogen-bond acceptors (Lipinski definition) is 5. The first-order valence-corrected chi connectivity index (χ1v) is 10.4. The molecule has 2 heterocycles. The maximum atomic E-state index is 12.6. The Hall–Kier alpha value is -3.13. The summed E-state index contributed by atoms with van der Waals surface area (Å²) >= 11 is 1.63. The number of carbonyl (C=O) groups is 2. The summed E-state index contributed by atoms with van der Waals surface area (Å²) in [5, 5.41) is 3.88. The average molecular weight is 410 g/mol. The van der Waals surface area contributed by atoms with E-state index in [0.717, 1.165) is 26.5 Å². The molecule has 1 aliphatic rings. The van der Waals surface area contributed by atoms with E-state index in [1.807, 2.05) is 42.5 Å². The number of carbonyl (C=O) groups excluding carboxylic acids is 2. The van der Waals surface area contributed by atoms with Crippen molar-refractivity contribution in [1.82, 2.24) is 14.8 Å². The molecule has 0 bridgehead atoms. The number of amides is 3. The second-order valence-corrected chi connectivity index (χ2v) is 7.70. The number of nitrogens with zero attached hydrogens (tertiary/aromatic N) is 3. The maximum Gasteiger partial charge on any atom is 0.409 e. The van der Waals surface area contributed by atoms with Gasteiger partial charge in [-0.3, -0.25) is 0 Å². The number of hydrogen-bond donors (Lipinski definition) is 1. The Balaban J connectivity index is 1.40. The first kappa shape index (κ1) is 19.2. The predicted molar refractivity (Wildman–Crippen MR) is 114 cm³/mol. The van der Waals surface area contributed by atoms with Crippen molar-refractivity contribution in [2.45, 2.75) is 6.92 Å². The van der Waals surface area contributed by atoms with Crippen LogP contribution in [0.3, 0.4) is 0 Å². The molecule has 0 saturated carbocycles. The molecule has 0 atom stereocenters. The highest BCUT2D eigenvalue weighted by Crippen LogP contribution is 2.31. The van der Waals surface area contributed by atoms with Gasteiger partial charge in [-0.2, -0.15) is 0 Å². The molecular weight excluding hydrogens is 388 g/mol. The van der Waals surface area contributed by atoms with E-state index in [1.165, 1.54) is 0 Å². The molecule has 0 unspecified atom stereocenters. The summed E-state index contributed by atoms with van der Waals surface area (Å²) in [7, 11) is 0. The summed E-state index contributed by atoms with van der Waals surface area (Å²) in [5.74, 6) is 0. The van der Waals surface area contributed by atoms with Gasteiger partial charge in [0.25, 0.3) is 0 Å². The van der Waals surface area contributed by atoms with Crippen LogP contribution in [0, 0.1) is 0 Å². The van der Waals surface area contributed by atoms with Crippen molar-refractivity contribution in [2.24, 2.45) is 0 Å². The summed E-state index contributed by atoms with van der Waals surface area (Å²) in [4.78, 5) is 32.4. The topological polar surface area (TPSA) is 74.8 Å². The van der Waals surface area contributed by atoms with Gasteiger partial charge in [-0.05, 0) is 31.2 Å². The van der Waals surface area contributed by atoms with Crippen LogP contribution in [-0.2, 0) is 4.74 Å². The van der Waals surface area contributed by atoms with Gasteiger partial charge >= 0.3 is 12.1 Å². The second-order valence-electron chi connectivity index (χ2n) is 6.67. The zero-order chi connectivity index (χ0) is 20.2. The average Bonchev–Trinajstić information content (AvgIpc) is 3.19. The van der Waals surface area contributed by atoms with Gasteiger partial charge in [0.1, 0.15) is 5.01 Å². The number of ether oxygens (including phenoxy) is 1. The number of piperazine rings is 1. The molecule has 1 saturated heterocycles. The minimum atomic E-state index is -0.323. The predicted octanol–water partition coefficient (Wildman–Crippen LogP) is 4.27. The van der Waals surface area contributed by atoms with E-state index in [4.69, 9.17) is 4.74 Å². The van der Waals surface area contributed by atoms with Gasteiger partial charge in [0.2, 0.25) is 0 Å². The Kier molecular flexibility index (Phi) is 5.62. The maximum absolute atomic E-state index is 12.6. The van der Waals surface area contributed by atoms with Crippen LogP contribution in [0.2, 0.25) is 0 Å². The van der Waals surface area contributed by atoms with Gasteiger partial charge in [-0.1, -0.05) is 24.3 Å². The van der Waals surface area contributed by atoms with Gasteiger partial charge in [0.15, 0.2) is 0 Å². The monoisotopic (exact) mass is 410 g/mol. The summed E-state index contributed by atoms with van der Waals surface area (Å²) in [6, 6.07) is 15.6. The molecule has 0 aliphatic carbocycles. The Labute approximate surface area is 172 Å². The van der Waals surface area contributed by atoms with Crippen LogP contribution in [-0.4, -0.2) is 59.7 Å². The van der Waals surface area contributed by atoms with Gasteiger partial charge in [0.05, 0.1) is 16.8 Å². The Morgan fingerprint density at radius 3 is 2.59 bits per heavy atom. The largest absolute Gasteiger partial charge is 0.450 e. The molecular formula is C21H22N4O3S. The third kappa shape index (κ3) is 4.32. The van der Waals surface area contributed by atoms with E-state index >= 15 is 0 Å². The fraction of sp³-hybridized carbons (Fsp3) is 0.286. The Morgan fingerprint density at radius 2 is 1.83 bits per heavy atom. The Morgan fingerprint density at radius 1 is 1.07 bits per heavy atom. The first-order valence-electron chi connectivity index (χ1n) is 9.57. The Bertz CT molecular complexity index is 994. The standard InChI is InChI=1S/C21H22N4O3S/c1-2-28-21(27)25-12-10-24(11-13-25)20(26)22-16-7-5-6-15(14-16)19-23-17-8-3-4-9-18(17)29-19/h3-9,14H,2,10-13H2,1H3,(H,22,26). The van der Waals surface area contributed by atoms with Crippen molar-refractivity contribution in [3.8, 4) is 10.6 Å². The molecule has 7 nitrogen and oxygen atoms in total. The van der Waals surface area contributed by atoms with Crippen molar-refractivity contribution in [1.29, 1.82) is 0 Å². The number of fused-ring (bicyclic) bond motifs is 1. The van der Waals surface area contributed by atoms with Crippen molar-refractivity contribution < 1.29 is 14.3 Å². The third-order valence-electron chi connectivity index (χ3n) is 4.75. The van der Waals surface area contributed by atoms with E-state index in [-0.39, 0.29) is 12.1 Å². The molecule has 1 aliphatic heterocycles. The van der Waals surface area contributed by atoms with Crippen LogP contribution in [0.4, 0.5) is 15.3 Å². The highest BCUT2D eigenvalue weighted by molar-refractivity contribution is 7.21. The highest BCUT2D eigenvalue weighted by Gasteiger charge is 2.24. The van der Waals surface area contributed by atoms with Crippen LogP contribution < -0.4 is 5.32 Å². The number of aromatic nitrogens is 1. The van der Waals surface area contributed by atoms with Crippen LogP contribution in [0.15, 0.2) is 48.5 Å². The van der Waals surface area contributed by atoms with Crippen LogP contribution in [0.5, 0.6) is 0 Å². The molecule has 150 valence electrons.